The average Bonchev–Trinajstić information content (AvgIpc) is 2.83. The van der Waals surface area contributed by atoms with Crippen molar-refractivity contribution in [3.05, 3.63) is 35.5 Å². The van der Waals surface area contributed by atoms with E-state index in [0.29, 0.717) is 24.1 Å². The number of benzene rings is 1. The number of rotatable bonds is 5. The maximum Gasteiger partial charge on any atom is 0.228 e. The van der Waals surface area contributed by atoms with Crippen LogP contribution in [0.3, 0.4) is 0 Å². The van der Waals surface area contributed by atoms with Crippen molar-refractivity contribution in [1.29, 1.82) is 0 Å². The molecule has 5 heteroatoms. The Kier molecular flexibility index (Phi) is 4.49. The second kappa shape index (κ2) is 6.13. The van der Waals surface area contributed by atoms with Crippen molar-refractivity contribution >= 4 is 0 Å². The first-order valence-electron chi connectivity index (χ1n) is 6.77. The van der Waals surface area contributed by atoms with Gasteiger partial charge in [-0.3, -0.25) is 0 Å². The predicted molar refractivity (Wildman–Crippen MR) is 75.8 cm³/mol. The van der Waals surface area contributed by atoms with Crippen LogP contribution >= 0.6 is 0 Å². The lowest BCUT2D eigenvalue weighted by molar-refractivity contribution is 0.335. The van der Waals surface area contributed by atoms with Gasteiger partial charge in [0.05, 0.1) is 0 Å². The van der Waals surface area contributed by atoms with Crippen LogP contribution in [-0.4, -0.2) is 23.2 Å². The molecule has 20 heavy (non-hydrogen) atoms. The second-order valence-corrected chi connectivity index (χ2v) is 5.31. The summed E-state index contributed by atoms with van der Waals surface area (Å²) in [4.78, 5) is 4.40. The molecule has 0 radical (unpaired) electrons. The zero-order valence-electron chi connectivity index (χ0n) is 12.3. The number of halogens is 1. The third-order valence-electron chi connectivity index (χ3n) is 3.47. The minimum absolute atomic E-state index is 0.259. The second-order valence-electron chi connectivity index (χ2n) is 5.31. The fourth-order valence-corrected chi connectivity index (χ4v) is 2.18. The number of aryl methyl sites for hydroxylation is 1. The molecule has 0 saturated heterocycles. The van der Waals surface area contributed by atoms with Gasteiger partial charge in [0.25, 0.3) is 0 Å². The number of hydrogen-bond donors (Lipinski definition) is 1. The van der Waals surface area contributed by atoms with Gasteiger partial charge in [0.15, 0.2) is 0 Å². The van der Waals surface area contributed by atoms with Gasteiger partial charge in [0.1, 0.15) is 5.82 Å². The van der Waals surface area contributed by atoms with E-state index in [9.17, 15) is 4.39 Å². The molecule has 0 fully saturated rings. The van der Waals surface area contributed by atoms with E-state index in [1.54, 1.807) is 6.07 Å². The number of hydrogen-bond acceptors (Lipinski definition) is 4. The molecule has 2 aromatic rings. The van der Waals surface area contributed by atoms with Crippen molar-refractivity contribution < 1.29 is 8.91 Å². The number of aromatic nitrogens is 2. The maximum atomic E-state index is 13.1. The molecule has 0 amide bonds. The van der Waals surface area contributed by atoms with Gasteiger partial charge in [-0.2, -0.15) is 4.98 Å². The number of nitrogens with zero attached hydrogens (tertiary/aromatic N) is 2. The molecule has 0 aliphatic carbocycles. The summed E-state index contributed by atoms with van der Waals surface area (Å²) in [6.45, 7) is 6.12. The third kappa shape index (κ3) is 3.22. The van der Waals surface area contributed by atoms with E-state index in [1.807, 2.05) is 14.0 Å². The molecule has 1 atom stereocenters. The Morgan fingerprint density at radius 2 is 2.10 bits per heavy atom. The predicted octanol–water partition coefficient (Wildman–Crippen LogP) is 2.97. The van der Waals surface area contributed by atoms with Gasteiger partial charge < -0.3 is 9.84 Å². The molecule has 0 saturated carbocycles. The molecule has 1 unspecified atom stereocenters. The van der Waals surface area contributed by atoms with Crippen molar-refractivity contribution in [1.82, 2.24) is 15.5 Å². The quantitative estimate of drug-likeness (QED) is 0.913. The van der Waals surface area contributed by atoms with Gasteiger partial charge in [-0.05, 0) is 43.7 Å². The summed E-state index contributed by atoms with van der Waals surface area (Å²) < 4.78 is 18.4. The zero-order chi connectivity index (χ0) is 14.7. The summed E-state index contributed by atoms with van der Waals surface area (Å²) in [7, 11) is 1.92. The highest BCUT2D eigenvalue weighted by Gasteiger charge is 2.17. The molecule has 1 aromatic heterocycles. The molecular formula is C15H20FN3O. The largest absolute Gasteiger partial charge is 0.339 e. The van der Waals surface area contributed by atoms with E-state index in [2.05, 4.69) is 29.3 Å². The van der Waals surface area contributed by atoms with Crippen LogP contribution in [0, 0.1) is 18.7 Å². The van der Waals surface area contributed by atoms with E-state index in [0.717, 1.165) is 11.1 Å². The van der Waals surface area contributed by atoms with Crippen molar-refractivity contribution in [2.45, 2.75) is 33.2 Å². The Labute approximate surface area is 118 Å². The van der Waals surface area contributed by atoms with Crippen LogP contribution < -0.4 is 5.32 Å². The molecule has 1 aromatic carbocycles. The Bertz CT molecular complexity index is 580. The molecule has 1 N–H and O–H groups in total. The SMILES string of the molecule is CNC(Cc1nc(-c2ccc(F)cc2C)no1)C(C)C. The fraction of sp³-hybridized carbons (Fsp3) is 0.467. The standard InChI is InChI=1S/C15H20FN3O/c1-9(2)13(17-4)8-14-18-15(19-20-14)12-6-5-11(16)7-10(12)3/h5-7,9,13,17H,8H2,1-4H3. The smallest absolute Gasteiger partial charge is 0.228 e. The van der Waals surface area contributed by atoms with Gasteiger partial charge in [0.2, 0.25) is 11.7 Å². The topological polar surface area (TPSA) is 51.0 Å². The molecule has 4 nitrogen and oxygen atoms in total. The Morgan fingerprint density at radius 1 is 1.35 bits per heavy atom. The summed E-state index contributed by atoms with van der Waals surface area (Å²) in [6, 6.07) is 4.84. The van der Waals surface area contributed by atoms with Gasteiger partial charge in [-0.15, -0.1) is 0 Å². The first kappa shape index (κ1) is 14.7. The summed E-state index contributed by atoms with van der Waals surface area (Å²) in [5, 5.41) is 7.23. The van der Waals surface area contributed by atoms with Crippen molar-refractivity contribution in [2.24, 2.45) is 5.92 Å². The highest BCUT2D eigenvalue weighted by atomic mass is 19.1. The Morgan fingerprint density at radius 3 is 2.70 bits per heavy atom. The summed E-state index contributed by atoms with van der Waals surface area (Å²) in [6.07, 6.45) is 0.682. The highest BCUT2D eigenvalue weighted by molar-refractivity contribution is 5.59. The van der Waals surface area contributed by atoms with E-state index >= 15 is 0 Å². The first-order valence-corrected chi connectivity index (χ1v) is 6.77. The molecule has 0 bridgehead atoms. The lowest BCUT2D eigenvalue weighted by Gasteiger charge is -2.17. The molecule has 2 rings (SSSR count). The number of likely N-dealkylation sites (N-methyl/N-ethyl adjacent to an activating group) is 1. The first-order chi connectivity index (χ1) is 9.51. The van der Waals surface area contributed by atoms with E-state index < -0.39 is 0 Å². The lowest BCUT2D eigenvalue weighted by Crippen LogP contribution is -2.32. The summed E-state index contributed by atoms with van der Waals surface area (Å²) >= 11 is 0. The molecule has 0 aliphatic heterocycles. The maximum absolute atomic E-state index is 13.1. The van der Waals surface area contributed by atoms with Gasteiger partial charge in [-0.25, -0.2) is 4.39 Å². The fourth-order valence-electron chi connectivity index (χ4n) is 2.18. The Balaban J connectivity index is 2.20. The van der Waals surface area contributed by atoms with Crippen LogP contribution in [0.25, 0.3) is 11.4 Å². The van der Waals surface area contributed by atoms with E-state index in [1.165, 1.54) is 12.1 Å². The molecule has 0 aliphatic rings. The van der Waals surface area contributed by atoms with Crippen LogP contribution in [-0.2, 0) is 6.42 Å². The van der Waals surface area contributed by atoms with Crippen LogP contribution in [0.15, 0.2) is 22.7 Å². The van der Waals surface area contributed by atoms with Crippen molar-refractivity contribution in [3.63, 3.8) is 0 Å². The molecule has 1 heterocycles. The van der Waals surface area contributed by atoms with E-state index in [-0.39, 0.29) is 11.9 Å². The van der Waals surface area contributed by atoms with Gasteiger partial charge in [-0.1, -0.05) is 19.0 Å². The monoisotopic (exact) mass is 277 g/mol. The summed E-state index contributed by atoms with van der Waals surface area (Å²) in [5.41, 5.74) is 1.60. The third-order valence-corrected chi connectivity index (χ3v) is 3.47. The summed E-state index contributed by atoms with van der Waals surface area (Å²) in [5.74, 6) is 1.32. The van der Waals surface area contributed by atoms with Crippen LogP contribution in [0.1, 0.15) is 25.3 Å². The molecule has 0 spiro atoms. The van der Waals surface area contributed by atoms with Gasteiger partial charge in [0, 0.05) is 18.0 Å². The molecular weight excluding hydrogens is 257 g/mol. The lowest BCUT2D eigenvalue weighted by atomic mass is 10.0. The Hall–Kier alpha value is -1.75. The van der Waals surface area contributed by atoms with Crippen molar-refractivity contribution in [3.8, 4) is 11.4 Å². The van der Waals surface area contributed by atoms with Gasteiger partial charge >= 0.3 is 0 Å². The minimum atomic E-state index is -0.259. The van der Waals surface area contributed by atoms with Crippen LogP contribution in [0.4, 0.5) is 4.39 Å². The molecule has 108 valence electrons. The van der Waals surface area contributed by atoms with Crippen molar-refractivity contribution in [2.75, 3.05) is 7.05 Å². The van der Waals surface area contributed by atoms with Crippen LogP contribution in [0.2, 0.25) is 0 Å². The van der Waals surface area contributed by atoms with E-state index in [4.69, 9.17) is 4.52 Å². The zero-order valence-corrected chi connectivity index (χ0v) is 12.3. The minimum Gasteiger partial charge on any atom is -0.339 e. The normalized spacial score (nSPS) is 12.9. The average molecular weight is 277 g/mol. The number of nitrogens with one attached hydrogen (secondary N) is 1. The highest BCUT2D eigenvalue weighted by Crippen LogP contribution is 2.21. The van der Waals surface area contributed by atoms with Crippen LogP contribution in [0.5, 0.6) is 0 Å².